The van der Waals surface area contributed by atoms with E-state index in [9.17, 15) is 14.7 Å². The summed E-state index contributed by atoms with van der Waals surface area (Å²) in [5.74, 6) is 0.0784. The third-order valence-corrected chi connectivity index (χ3v) is 4.00. The number of aromatic nitrogens is 2. The van der Waals surface area contributed by atoms with Gasteiger partial charge in [0, 0.05) is 0 Å². The fourth-order valence-corrected chi connectivity index (χ4v) is 2.76. The number of carbonyl (C=O) groups excluding carboxylic acids is 2. The third-order valence-electron chi connectivity index (χ3n) is 3.12. The molecule has 6 nitrogen and oxygen atoms in total. The second-order valence-electron chi connectivity index (χ2n) is 4.80. The van der Waals surface area contributed by atoms with Crippen LogP contribution in [0.1, 0.15) is 17.3 Å². The van der Waals surface area contributed by atoms with E-state index in [1.807, 2.05) is 17.5 Å². The van der Waals surface area contributed by atoms with E-state index in [0.717, 1.165) is 4.88 Å². The average Bonchev–Trinajstić information content (AvgIpc) is 3.14. The van der Waals surface area contributed by atoms with Gasteiger partial charge >= 0.3 is 0 Å². The van der Waals surface area contributed by atoms with Gasteiger partial charge in [-0.05, 0) is 30.5 Å². The fraction of sp³-hybridized carbons (Fsp3) is 0.133. The molecule has 22 heavy (non-hydrogen) atoms. The molecule has 3 N–H and O–H groups in total. The zero-order chi connectivity index (χ0) is 15.7. The van der Waals surface area contributed by atoms with E-state index in [4.69, 9.17) is 0 Å². The number of fused-ring (bicyclic) bond motifs is 1. The Balaban J connectivity index is 2.06. The van der Waals surface area contributed by atoms with Crippen LogP contribution in [0.3, 0.4) is 0 Å². The number of H-pyrrole nitrogens is 1. The number of hydrogen-bond donors (Lipinski definition) is 3. The average molecular weight is 315 g/mol. The van der Waals surface area contributed by atoms with Crippen molar-refractivity contribution < 1.29 is 14.7 Å². The molecule has 0 saturated carbocycles. The molecule has 1 aromatic carbocycles. The molecule has 0 aliphatic heterocycles. The molecule has 2 heterocycles. The van der Waals surface area contributed by atoms with Crippen LogP contribution in [0.15, 0.2) is 29.6 Å². The van der Waals surface area contributed by atoms with Gasteiger partial charge in [-0.15, -0.1) is 11.3 Å². The van der Waals surface area contributed by atoms with Crippen LogP contribution in [0.5, 0.6) is 5.75 Å². The minimum Gasteiger partial charge on any atom is -0.506 e. The number of benzene rings is 1. The van der Waals surface area contributed by atoms with Gasteiger partial charge in [0.05, 0.1) is 17.0 Å². The van der Waals surface area contributed by atoms with Gasteiger partial charge in [0.1, 0.15) is 28.4 Å². The second-order valence-corrected chi connectivity index (χ2v) is 5.75. The number of amides is 1. The SMILES string of the molecule is CC(=O)CNC(=O)c1ccc(O)c2[nH]c(-c3cccs3)nc12. The van der Waals surface area contributed by atoms with Gasteiger partial charge in [0.15, 0.2) is 0 Å². The molecule has 3 aromatic rings. The van der Waals surface area contributed by atoms with E-state index < -0.39 is 5.91 Å². The highest BCUT2D eigenvalue weighted by Crippen LogP contribution is 2.30. The minimum atomic E-state index is -0.399. The van der Waals surface area contributed by atoms with E-state index >= 15 is 0 Å². The highest BCUT2D eigenvalue weighted by atomic mass is 32.1. The Morgan fingerprint density at radius 1 is 1.36 bits per heavy atom. The van der Waals surface area contributed by atoms with Crippen molar-refractivity contribution in [2.45, 2.75) is 6.92 Å². The van der Waals surface area contributed by atoms with Gasteiger partial charge in [-0.25, -0.2) is 4.98 Å². The van der Waals surface area contributed by atoms with Crippen molar-refractivity contribution in [1.82, 2.24) is 15.3 Å². The van der Waals surface area contributed by atoms with Gasteiger partial charge in [0.2, 0.25) is 0 Å². The van der Waals surface area contributed by atoms with E-state index in [1.165, 1.54) is 30.4 Å². The predicted octanol–water partition coefficient (Wildman–Crippen LogP) is 2.32. The van der Waals surface area contributed by atoms with Crippen molar-refractivity contribution in [3.8, 4) is 16.5 Å². The van der Waals surface area contributed by atoms with Crippen LogP contribution in [0.25, 0.3) is 21.7 Å². The first-order chi connectivity index (χ1) is 10.6. The first-order valence-electron chi connectivity index (χ1n) is 6.59. The molecule has 3 rings (SSSR count). The van der Waals surface area contributed by atoms with Crippen LogP contribution in [-0.4, -0.2) is 33.3 Å². The maximum atomic E-state index is 12.2. The Morgan fingerprint density at radius 2 is 2.18 bits per heavy atom. The summed E-state index contributed by atoms with van der Waals surface area (Å²) in [4.78, 5) is 31.5. The Morgan fingerprint density at radius 3 is 2.86 bits per heavy atom. The molecule has 2 aromatic heterocycles. The van der Waals surface area contributed by atoms with Crippen molar-refractivity contribution in [2.75, 3.05) is 6.54 Å². The molecule has 1 amide bonds. The molecular weight excluding hydrogens is 302 g/mol. The Labute approximate surface area is 129 Å². The van der Waals surface area contributed by atoms with Crippen molar-refractivity contribution >= 4 is 34.1 Å². The lowest BCUT2D eigenvalue weighted by molar-refractivity contribution is -0.116. The number of nitrogens with zero attached hydrogens (tertiary/aromatic N) is 1. The standard InChI is InChI=1S/C15H13N3O3S/c1-8(19)7-16-15(21)9-4-5-10(20)13-12(9)17-14(18-13)11-3-2-6-22-11/h2-6,20H,7H2,1H3,(H,16,21)(H,17,18). The monoisotopic (exact) mass is 315 g/mol. The Kier molecular flexibility index (Phi) is 3.64. The number of rotatable bonds is 4. The first-order valence-corrected chi connectivity index (χ1v) is 7.47. The number of phenolic OH excluding ortho intramolecular Hbond substituents is 1. The lowest BCUT2D eigenvalue weighted by Crippen LogP contribution is -2.28. The summed E-state index contributed by atoms with van der Waals surface area (Å²) in [6, 6.07) is 6.72. The van der Waals surface area contributed by atoms with Crippen LogP contribution in [0, 0.1) is 0 Å². The van der Waals surface area contributed by atoms with Crippen LogP contribution >= 0.6 is 11.3 Å². The summed E-state index contributed by atoms with van der Waals surface area (Å²) in [6.07, 6.45) is 0. The molecule has 0 fully saturated rings. The zero-order valence-electron chi connectivity index (χ0n) is 11.7. The summed E-state index contributed by atoms with van der Waals surface area (Å²) >= 11 is 1.50. The Bertz CT molecular complexity index is 852. The number of Topliss-reactive ketones (excluding diaryl/α,β-unsaturated/α-hetero) is 1. The number of imidazole rings is 1. The van der Waals surface area contributed by atoms with Crippen molar-refractivity contribution in [2.24, 2.45) is 0 Å². The maximum Gasteiger partial charge on any atom is 0.253 e. The van der Waals surface area contributed by atoms with E-state index in [0.29, 0.717) is 22.4 Å². The van der Waals surface area contributed by atoms with Crippen molar-refractivity contribution in [3.05, 3.63) is 35.2 Å². The van der Waals surface area contributed by atoms with Crippen LogP contribution in [0.4, 0.5) is 0 Å². The summed E-state index contributed by atoms with van der Waals surface area (Å²) in [5.41, 5.74) is 1.09. The number of aromatic amines is 1. The molecule has 0 unspecified atom stereocenters. The van der Waals surface area contributed by atoms with Crippen molar-refractivity contribution in [1.29, 1.82) is 0 Å². The maximum absolute atomic E-state index is 12.2. The summed E-state index contributed by atoms with van der Waals surface area (Å²) in [5, 5.41) is 14.4. The zero-order valence-corrected chi connectivity index (χ0v) is 12.5. The number of thiophene rings is 1. The lowest BCUT2D eigenvalue weighted by atomic mass is 10.1. The first kappa shape index (κ1) is 14.3. The van der Waals surface area contributed by atoms with Gasteiger partial charge in [0.25, 0.3) is 5.91 Å². The lowest BCUT2D eigenvalue weighted by Gasteiger charge is -2.04. The molecule has 0 aliphatic carbocycles. The topological polar surface area (TPSA) is 95.1 Å². The fourth-order valence-electron chi connectivity index (χ4n) is 2.09. The smallest absolute Gasteiger partial charge is 0.253 e. The third kappa shape index (κ3) is 2.58. The number of nitrogens with one attached hydrogen (secondary N) is 2. The van der Waals surface area contributed by atoms with Gasteiger partial charge in [-0.2, -0.15) is 0 Å². The van der Waals surface area contributed by atoms with Gasteiger partial charge < -0.3 is 15.4 Å². The largest absolute Gasteiger partial charge is 0.506 e. The molecule has 0 spiro atoms. The minimum absolute atomic E-state index is 0.0217. The Hall–Kier alpha value is -2.67. The van der Waals surface area contributed by atoms with Crippen LogP contribution in [0.2, 0.25) is 0 Å². The molecular formula is C15H13N3O3S. The number of hydrogen-bond acceptors (Lipinski definition) is 5. The number of aromatic hydroxyl groups is 1. The molecule has 0 aliphatic rings. The predicted molar refractivity (Wildman–Crippen MR) is 84.1 cm³/mol. The molecule has 112 valence electrons. The van der Waals surface area contributed by atoms with Gasteiger partial charge in [-0.3, -0.25) is 9.59 Å². The van der Waals surface area contributed by atoms with E-state index in [-0.39, 0.29) is 18.1 Å². The van der Waals surface area contributed by atoms with E-state index in [1.54, 1.807) is 0 Å². The van der Waals surface area contributed by atoms with Crippen LogP contribution < -0.4 is 5.32 Å². The number of carbonyl (C=O) groups is 2. The highest BCUT2D eigenvalue weighted by Gasteiger charge is 2.17. The summed E-state index contributed by atoms with van der Waals surface area (Å²) in [7, 11) is 0. The molecule has 0 saturated heterocycles. The number of phenols is 1. The summed E-state index contributed by atoms with van der Waals surface area (Å²) < 4.78 is 0. The molecule has 0 atom stereocenters. The second kappa shape index (κ2) is 5.61. The molecule has 0 bridgehead atoms. The summed E-state index contributed by atoms with van der Waals surface area (Å²) in [6.45, 7) is 1.36. The molecule has 7 heteroatoms. The quantitative estimate of drug-likeness (QED) is 0.688. The van der Waals surface area contributed by atoms with Gasteiger partial charge in [-0.1, -0.05) is 6.07 Å². The number of ketones is 1. The highest BCUT2D eigenvalue weighted by molar-refractivity contribution is 7.13. The van der Waals surface area contributed by atoms with Crippen molar-refractivity contribution in [3.63, 3.8) is 0 Å². The molecule has 0 radical (unpaired) electrons. The van der Waals surface area contributed by atoms with Crippen LogP contribution in [-0.2, 0) is 4.79 Å². The normalized spacial score (nSPS) is 10.8. The van der Waals surface area contributed by atoms with E-state index in [2.05, 4.69) is 15.3 Å².